The minimum Gasteiger partial charge on any atom is -0.507 e. The molecule has 2 aromatic carbocycles. The van der Waals surface area contributed by atoms with Crippen molar-refractivity contribution in [3.05, 3.63) is 52.8 Å². The minimum absolute atomic E-state index is 0.144. The van der Waals surface area contributed by atoms with Gasteiger partial charge in [-0.1, -0.05) is 29.8 Å². The van der Waals surface area contributed by atoms with Crippen molar-refractivity contribution >= 4 is 11.6 Å². The fourth-order valence-electron chi connectivity index (χ4n) is 1.54. The van der Waals surface area contributed by atoms with Gasteiger partial charge in [0, 0.05) is 17.2 Å². The highest BCUT2D eigenvalue weighted by atomic mass is 35.5. The summed E-state index contributed by atoms with van der Waals surface area (Å²) in [6, 6.07) is 10.5. The van der Waals surface area contributed by atoms with Crippen molar-refractivity contribution in [1.29, 1.82) is 5.26 Å². The molecule has 0 aliphatic carbocycles. The molecule has 4 heteroatoms. The van der Waals surface area contributed by atoms with E-state index in [1.807, 2.05) is 6.07 Å². The van der Waals surface area contributed by atoms with Crippen LogP contribution in [0.15, 0.2) is 36.4 Å². The van der Waals surface area contributed by atoms with Crippen molar-refractivity contribution in [2.75, 3.05) is 0 Å². The topological polar surface area (TPSA) is 44.0 Å². The van der Waals surface area contributed by atoms with Crippen LogP contribution in [0.4, 0.5) is 4.39 Å². The largest absolute Gasteiger partial charge is 0.507 e. The summed E-state index contributed by atoms with van der Waals surface area (Å²) in [5, 5.41) is 18.7. The van der Waals surface area contributed by atoms with E-state index in [0.717, 1.165) is 0 Å². The van der Waals surface area contributed by atoms with Gasteiger partial charge < -0.3 is 5.11 Å². The fraction of sp³-hybridized carbons (Fsp3) is 0. The van der Waals surface area contributed by atoms with Crippen LogP contribution in [-0.4, -0.2) is 5.11 Å². The van der Waals surface area contributed by atoms with E-state index in [9.17, 15) is 9.50 Å². The number of phenolic OH excluding ortho intramolecular Hbond substituents is 1. The molecule has 2 rings (SSSR count). The maximum absolute atomic E-state index is 13.6. The minimum atomic E-state index is -0.464. The average Bonchev–Trinajstić information content (AvgIpc) is 2.31. The van der Waals surface area contributed by atoms with Crippen molar-refractivity contribution in [1.82, 2.24) is 0 Å². The summed E-state index contributed by atoms with van der Waals surface area (Å²) in [6.45, 7) is 0. The van der Waals surface area contributed by atoms with Gasteiger partial charge in [0.25, 0.3) is 0 Å². The third-order valence-electron chi connectivity index (χ3n) is 2.37. The molecule has 0 atom stereocenters. The molecule has 1 N–H and O–H groups in total. The van der Waals surface area contributed by atoms with Crippen LogP contribution in [-0.2, 0) is 0 Å². The Bertz CT molecular complexity index is 619. The molecule has 0 radical (unpaired) electrons. The molecule has 0 heterocycles. The van der Waals surface area contributed by atoms with E-state index in [-0.39, 0.29) is 27.5 Å². The molecule has 2 aromatic rings. The lowest BCUT2D eigenvalue weighted by Crippen LogP contribution is -1.87. The predicted molar refractivity (Wildman–Crippen MR) is 63.2 cm³/mol. The van der Waals surface area contributed by atoms with Gasteiger partial charge in [-0.25, -0.2) is 4.39 Å². The highest BCUT2D eigenvalue weighted by molar-refractivity contribution is 6.32. The van der Waals surface area contributed by atoms with Crippen molar-refractivity contribution in [3.8, 4) is 22.9 Å². The first-order valence-corrected chi connectivity index (χ1v) is 5.19. The molecule has 0 aromatic heterocycles. The molecule has 0 aliphatic heterocycles. The molecule has 0 saturated carbocycles. The second kappa shape index (κ2) is 4.44. The number of phenols is 1. The summed E-state index contributed by atoms with van der Waals surface area (Å²) in [5.41, 5.74) is 0.685. The third kappa shape index (κ3) is 2.08. The zero-order valence-electron chi connectivity index (χ0n) is 8.61. The van der Waals surface area contributed by atoms with Gasteiger partial charge in [0.15, 0.2) is 0 Å². The Hall–Kier alpha value is -2.05. The van der Waals surface area contributed by atoms with E-state index < -0.39 is 5.82 Å². The average molecular weight is 248 g/mol. The van der Waals surface area contributed by atoms with Gasteiger partial charge in [-0.2, -0.15) is 5.26 Å². The lowest BCUT2D eigenvalue weighted by molar-refractivity contribution is 0.476. The van der Waals surface area contributed by atoms with Gasteiger partial charge in [0.1, 0.15) is 17.6 Å². The van der Waals surface area contributed by atoms with Gasteiger partial charge in [0.2, 0.25) is 0 Å². The summed E-state index contributed by atoms with van der Waals surface area (Å²) < 4.78 is 13.6. The molecule has 0 fully saturated rings. The molecule has 0 unspecified atom stereocenters. The van der Waals surface area contributed by atoms with Crippen LogP contribution in [0.25, 0.3) is 11.1 Å². The predicted octanol–water partition coefficient (Wildman–Crippen LogP) is 3.72. The van der Waals surface area contributed by atoms with Crippen molar-refractivity contribution in [2.24, 2.45) is 0 Å². The molecule has 0 spiro atoms. The Kier molecular flexibility index (Phi) is 2.99. The monoisotopic (exact) mass is 247 g/mol. The zero-order chi connectivity index (χ0) is 12.4. The van der Waals surface area contributed by atoms with E-state index in [2.05, 4.69) is 0 Å². The number of hydrogen-bond acceptors (Lipinski definition) is 2. The second-order valence-corrected chi connectivity index (χ2v) is 3.85. The number of halogens is 2. The molecule has 17 heavy (non-hydrogen) atoms. The Labute approximate surface area is 103 Å². The maximum Gasteiger partial charge on any atom is 0.131 e. The van der Waals surface area contributed by atoms with Crippen LogP contribution in [0.2, 0.25) is 5.02 Å². The van der Waals surface area contributed by atoms with Gasteiger partial charge in [0.05, 0.1) is 10.6 Å². The van der Waals surface area contributed by atoms with E-state index >= 15 is 0 Å². The standard InChI is InChI=1S/C13H7ClFNO/c14-11-6-13(17)10(5-8(11)7-16)9-3-1-2-4-12(9)15/h1-6,17H. The van der Waals surface area contributed by atoms with Crippen molar-refractivity contribution < 1.29 is 9.50 Å². The zero-order valence-corrected chi connectivity index (χ0v) is 9.37. The summed E-state index contributed by atoms with van der Waals surface area (Å²) in [6.07, 6.45) is 0. The van der Waals surface area contributed by atoms with Crippen LogP contribution in [0.3, 0.4) is 0 Å². The molecular weight excluding hydrogens is 241 g/mol. The first kappa shape index (κ1) is 11.4. The molecule has 0 saturated heterocycles. The normalized spacial score (nSPS) is 9.94. The van der Waals surface area contributed by atoms with E-state index in [4.69, 9.17) is 16.9 Å². The highest BCUT2D eigenvalue weighted by Crippen LogP contribution is 2.34. The van der Waals surface area contributed by atoms with Gasteiger partial charge in [-0.3, -0.25) is 0 Å². The molecule has 0 aliphatic rings. The second-order valence-electron chi connectivity index (χ2n) is 3.44. The summed E-state index contributed by atoms with van der Waals surface area (Å²) in [5.74, 6) is -0.617. The summed E-state index contributed by atoms with van der Waals surface area (Å²) in [4.78, 5) is 0. The Morgan fingerprint density at radius 2 is 1.88 bits per heavy atom. The lowest BCUT2D eigenvalue weighted by Gasteiger charge is -2.07. The van der Waals surface area contributed by atoms with Gasteiger partial charge in [-0.05, 0) is 12.1 Å². The number of benzene rings is 2. The molecular formula is C13H7ClFNO. The Morgan fingerprint density at radius 3 is 2.53 bits per heavy atom. The van der Waals surface area contributed by atoms with E-state index in [1.165, 1.54) is 24.3 Å². The van der Waals surface area contributed by atoms with Gasteiger partial charge >= 0.3 is 0 Å². The molecule has 0 bridgehead atoms. The number of nitrogens with zero attached hydrogens (tertiary/aromatic N) is 1. The first-order chi connectivity index (χ1) is 8.13. The van der Waals surface area contributed by atoms with Crippen LogP contribution >= 0.6 is 11.6 Å². The first-order valence-electron chi connectivity index (χ1n) is 4.81. The Balaban J connectivity index is 2.69. The van der Waals surface area contributed by atoms with Crippen LogP contribution in [0.5, 0.6) is 5.75 Å². The molecule has 0 amide bonds. The van der Waals surface area contributed by atoms with Crippen LogP contribution in [0.1, 0.15) is 5.56 Å². The summed E-state index contributed by atoms with van der Waals surface area (Å²) in [7, 11) is 0. The number of aromatic hydroxyl groups is 1. The quantitative estimate of drug-likeness (QED) is 0.835. The van der Waals surface area contributed by atoms with E-state index in [0.29, 0.717) is 0 Å². The van der Waals surface area contributed by atoms with Crippen molar-refractivity contribution in [2.45, 2.75) is 0 Å². The number of hydrogen-bond donors (Lipinski definition) is 1. The third-order valence-corrected chi connectivity index (χ3v) is 2.68. The van der Waals surface area contributed by atoms with Crippen LogP contribution in [0, 0.1) is 17.1 Å². The fourth-order valence-corrected chi connectivity index (χ4v) is 1.74. The SMILES string of the molecule is N#Cc1cc(-c2ccccc2F)c(O)cc1Cl. The molecule has 84 valence electrons. The maximum atomic E-state index is 13.6. The Morgan fingerprint density at radius 1 is 1.18 bits per heavy atom. The summed E-state index contributed by atoms with van der Waals surface area (Å²) >= 11 is 5.75. The van der Waals surface area contributed by atoms with Crippen molar-refractivity contribution in [3.63, 3.8) is 0 Å². The van der Waals surface area contributed by atoms with Crippen LogP contribution < -0.4 is 0 Å². The van der Waals surface area contributed by atoms with E-state index in [1.54, 1.807) is 12.1 Å². The highest BCUT2D eigenvalue weighted by Gasteiger charge is 2.12. The molecule has 2 nitrogen and oxygen atoms in total. The smallest absolute Gasteiger partial charge is 0.131 e. The lowest BCUT2D eigenvalue weighted by atomic mass is 10.0. The number of nitriles is 1. The van der Waals surface area contributed by atoms with Gasteiger partial charge in [-0.15, -0.1) is 0 Å². The number of rotatable bonds is 1.